The van der Waals surface area contributed by atoms with Crippen molar-refractivity contribution in [2.75, 3.05) is 33.5 Å². The van der Waals surface area contributed by atoms with Gasteiger partial charge in [0.2, 0.25) is 5.95 Å². The van der Waals surface area contributed by atoms with Crippen LogP contribution < -0.4 is 10.5 Å². The summed E-state index contributed by atoms with van der Waals surface area (Å²) in [6.07, 6.45) is 2.07. The molecule has 20 heavy (non-hydrogen) atoms. The van der Waals surface area contributed by atoms with Gasteiger partial charge in [0.1, 0.15) is 0 Å². The Bertz CT molecular complexity index is 594. The zero-order valence-electron chi connectivity index (χ0n) is 12.2. The third kappa shape index (κ3) is 3.01. The minimum Gasteiger partial charge on any atom is -0.494 e. The molecule has 2 aromatic rings. The van der Waals surface area contributed by atoms with Gasteiger partial charge in [-0.25, -0.2) is 9.37 Å². The Balaban J connectivity index is 2.21. The number of halogens is 1. The molecule has 0 saturated heterocycles. The quantitative estimate of drug-likeness (QED) is 0.823. The Kier molecular flexibility index (Phi) is 4.44. The molecular formula is C14H21FN4O. The highest BCUT2D eigenvalue weighted by Crippen LogP contribution is 2.26. The second-order valence-corrected chi connectivity index (χ2v) is 5.11. The highest BCUT2D eigenvalue weighted by molar-refractivity contribution is 5.80. The van der Waals surface area contributed by atoms with Gasteiger partial charge in [-0.15, -0.1) is 0 Å². The number of nitrogens with zero attached hydrogens (tertiary/aromatic N) is 3. The maximum absolute atomic E-state index is 13.6. The van der Waals surface area contributed by atoms with Crippen LogP contribution in [0.5, 0.6) is 5.75 Å². The van der Waals surface area contributed by atoms with Crippen LogP contribution in [0.2, 0.25) is 0 Å². The summed E-state index contributed by atoms with van der Waals surface area (Å²) in [6.45, 7) is 1.80. The van der Waals surface area contributed by atoms with E-state index in [2.05, 4.69) is 24.0 Å². The Morgan fingerprint density at radius 3 is 2.75 bits per heavy atom. The first-order valence-electron chi connectivity index (χ1n) is 6.67. The first-order chi connectivity index (χ1) is 9.52. The molecule has 0 radical (unpaired) electrons. The van der Waals surface area contributed by atoms with Gasteiger partial charge in [-0.1, -0.05) is 0 Å². The van der Waals surface area contributed by atoms with Gasteiger partial charge in [0.05, 0.1) is 18.1 Å². The predicted octanol–water partition coefficient (Wildman–Crippen LogP) is 2.11. The minimum absolute atomic E-state index is 0.215. The van der Waals surface area contributed by atoms with Gasteiger partial charge >= 0.3 is 0 Å². The highest BCUT2D eigenvalue weighted by atomic mass is 19.1. The van der Waals surface area contributed by atoms with Gasteiger partial charge in [-0.3, -0.25) is 0 Å². The molecule has 0 unspecified atom stereocenters. The number of methoxy groups -OCH3 is 1. The second-order valence-electron chi connectivity index (χ2n) is 5.11. The summed E-state index contributed by atoms with van der Waals surface area (Å²) < 4.78 is 20.6. The van der Waals surface area contributed by atoms with Gasteiger partial charge in [0, 0.05) is 18.7 Å². The molecule has 1 aromatic carbocycles. The van der Waals surface area contributed by atoms with E-state index in [9.17, 15) is 4.39 Å². The van der Waals surface area contributed by atoms with Crippen molar-refractivity contribution in [1.82, 2.24) is 14.5 Å². The maximum Gasteiger partial charge on any atom is 0.201 e. The van der Waals surface area contributed by atoms with Crippen LogP contribution in [-0.2, 0) is 6.54 Å². The SMILES string of the molecule is COc1cc2c(cc1F)nc(N)n2CCCCN(C)C. The normalized spacial score (nSPS) is 11.4. The second kappa shape index (κ2) is 6.09. The number of nitrogen functional groups attached to an aromatic ring is 1. The zero-order chi connectivity index (χ0) is 14.7. The number of nitrogens with two attached hydrogens (primary N) is 1. The van der Waals surface area contributed by atoms with E-state index >= 15 is 0 Å². The summed E-state index contributed by atoms with van der Waals surface area (Å²) in [4.78, 5) is 6.34. The molecule has 5 nitrogen and oxygen atoms in total. The molecule has 1 aromatic heterocycles. The maximum atomic E-state index is 13.6. The van der Waals surface area contributed by atoms with Crippen molar-refractivity contribution in [3.05, 3.63) is 17.9 Å². The van der Waals surface area contributed by atoms with Gasteiger partial charge < -0.3 is 19.9 Å². The number of hydrogen-bond donors (Lipinski definition) is 1. The fourth-order valence-electron chi connectivity index (χ4n) is 2.23. The van der Waals surface area contributed by atoms with E-state index in [1.54, 1.807) is 6.07 Å². The highest BCUT2D eigenvalue weighted by Gasteiger charge is 2.12. The van der Waals surface area contributed by atoms with Crippen molar-refractivity contribution >= 4 is 17.0 Å². The van der Waals surface area contributed by atoms with Crippen molar-refractivity contribution < 1.29 is 9.13 Å². The number of aryl methyl sites for hydroxylation is 1. The summed E-state index contributed by atoms with van der Waals surface area (Å²) in [5.41, 5.74) is 7.29. The van der Waals surface area contributed by atoms with Crippen molar-refractivity contribution in [3.63, 3.8) is 0 Å². The summed E-state index contributed by atoms with van der Waals surface area (Å²) in [5.74, 6) is 0.210. The molecule has 2 rings (SSSR count). The minimum atomic E-state index is -0.419. The van der Waals surface area contributed by atoms with Gasteiger partial charge in [-0.2, -0.15) is 0 Å². The monoisotopic (exact) mass is 280 g/mol. The standard InChI is InChI=1S/C14H21FN4O/c1-18(2)6-4-5-7-19-12-9-13(20-3)10(15)8-11(12)17-14(19)16/h8-9H,4-7H2,1-3H3,(H2,16,17). The van der Waals surface area contributed by atoms with E-state index in [4.69, 9.17) is 10.5 Å². The lowest BCUT2D eigenvalue weighted by molar-refractivity contribution is 0.386. The van der Waals surface area contributed by atoms with Crippen LogP contribution in [0.25, 0.3) is 11.0 Å². The lowest BCUT2D eigenvalue weighted by Crippen LogP contribution is -2.13. The van der Waals surface area contributed by atoms with Crippen LogP contribution in [0, 0.1) is 5.82 Å². The van der Waals surface area contributed by atoms with Crippen LogP contribution >= 0.6 is 0 Å². The third-order valence-electron chi connectivity index (χ3n) is 3.29. The summed E-state index contributed by atoms with van der Waals surface area (Å²) in [5, 5.41) is 0. The first kappa shape index (κ1) is 14.6. The van der Waals surface area contributed by atoms with Crippen LogP contribution in [0.1, 0.15) is 12.8 Å². The molecule has 110 valence electrons. The lowest BCUT2D eigenvalue weighted by atomic mass is 10.2. The van der Waals surface area contributed by atoms with E-state index in [-0.39, 0.29) is 5.75 Å². The molecule has 0 aliphatic heterocycles. The molecule has 0 amide bonds. The summed E-state index contributed by atoms with van der Waals surface area (Å²) in [7, 11) is 5.55. The summed E-state index contributed by atoms with van der Waals surface area (Å²) in [6, 6.07) is 3.01. The number of aromatic nitrogens is 2. The number of benzene rings is 1. The van der Waals surface area contributed by atoms with Crippen molar-refractivity contribution in [1.29, 1.82) is 0 Å². The number of rotatable bonds is 6. The number of imidazole rings is 1. The molecule has 0 spiro atoms. The number of hydrogen-bond acceptors (Lipinski definition) is 4. The van der Waals surface area contributed by atoms with E-state index in [0.29, 0.717) is 11.5 Å². The van der Waals surface area contributed by atoms with Crippen molar-refractivity contribution in [3.8, 4) is 5.75 Å². The molecule has 0 saturated carbocycles. The molecule has 0 aliphatic carbocycles. The Morgan fingerprint density at radius 1 is 1.35 bits per heavy atom. The third-order valence-corrected chi connectivity index (χ3v) is 3.29. The number of ether oxygens (including phenoxy) is 1. The summed E-state index contributed by atoms with van der Waals surface area (Å²) >= 11 is 0. The Hall–Kier alpha value is -1.82. The number of fused-ring (bicyclic) bond motifs is 1. The van der Waals surface area contributed by atoms with Gasteiger partial charge in [0.15, 0.2) is 11.6 Å². The Labute approximate surface area is 118 Å². The van der Waals surface area contributed by atoms with Crippen molar-refractivity contribution in [2.45, 2.75) is 19.4 Å². The average molecular weight is 280 g/mol. The molecule has 0 aliphatic rings. The van der Waals surface area contributed by atoms with E-state index in [0.717, 1.165) is 31.4 Å². The zero-order valence-corrected chi connectivity index (χ0v) is 12.2. The average Bonchev–Trinajstić information content (AvgIpc) is 2.68. The molecule has 1 heterocycles. The van der Waals surface area contributed by atoms with Crippen LogP contribution in [0.3, 0.4) is 0 Å². The van der Waals surface area contributed by atoms with E-state index in [1.807, 2.05) is 4.57 Å². The fourth-order valence-corrected chi connectivity index (χ4v) is 2.23. The van der Waals surface area contributed by atoms with Crippen LogP contribution in [0.15, 0.2) is 12.1 Å². The fraction of sp³-hybridized carbons (Fsp3) is 0.500. The number of unbranched alkanes of at least 4 members (excludes halogenated alkanes) is 1. The topological polar surface area (TPSA) is 56.3 Å². The molecule has 0 atom stereocenters. The lowest BCUT2D eigenvalue weighted by Gasteiger charge is -2.10. The largest absolute Gasteiger partial charge is 0.494 e. The van der Waals surface area contributed by atoms with E-state index in [1.165, 1.54) is 13.2 Å². The van der Waals surface area contributed by atoms with Gasteiger partial charge in [-0.05, 0) is 33.5 Å². The Morgan fingerprint density at radius 2 is 2.10 bits per heavy atom. The first-order valence-corrected chi connectivity index (χ1v) is 6.67. The molecule has 0 bridgehead atoms. The predicted molar refractivity (Wildman–Crippen MR) is 78.4 cm³/mol. The van der Waals surface area contributed by atoms with Gasteiger partial charge in [0.25, 0.3) is 0 Å². The molecular weight excluding hydrogens is 259 g/mol. The van der Waals surface area contributed by atoms with Crippen LogP contribution in [-0.4, -0.2) is 42.2 Å². The molecule has 6 heteroatoms. The number of anilines is 1. The van der Waals surface area contributed by atoms with Crippen LogP contribution in [0.4, 0.5) is 10.3 Å². The van der Waals surface area contributed by atoms with Crippen molar-refractivity contribution in [2.24, 2.45) is 0 Å². The van der Waals surface area contributed by atoms with E-state index < -0.39 is 5.82 Å². The molecule has 0 fully saturated rings. The smallest absolute Gasteiger partial charge is 0.201 e. The molecule has 2 N–H and O–H groups in total.